The summed E-state index contributed by atoms with van der Waals surface area (Å²) in [5, 5.41) is 8.88. The van der Waals surface area contributed by atoms with Crippen molar-refractivity contribution in [3.8, 4) is 0 Å². The first kappa shape index (κ1) is 14.8. The van der Waals surface area contributed by atoms with Gasteiger partial charge in [0, 0.05) is 19.6 Å². The highest BCUT2D eigenvalue weighted by Crippen LogP contribution is 2.34. The van der Waals surface area contributed by atoms with E-state index in [4.69, 9.17) is 5.11 Å². The Labute approximate surface area is 109 Å². The molecule has 104 valence electrons. The molecule has 18 heavy (non-hydrogen) atoms. The first-order valence-corrected chi connectivity index (χ1v) is 6.56. The standard InChI is InChI=1S/C13H24N2O3/c1-9(2)7-15(8-12(16)17)13(18)14(4)10(3)11-5-6-11/h9-11H,5-8H2,1-4H3,(H,16,17). The van der Waals surface area contributed by atoms with Gasteiger partial charge in [-0.15, -0.1) is 0 Å². The van der Waals surface area contributed by atoms with Gasteiger partial charge in [0.1, 0.15) is 6.54 Å². The van der Waals surface area contributed by atoms with Crippen LogP contribution in [0.5, 0.6) is 0 Å². The summed E-state index contributed by atoms with van der Waals surface area (Å²) in [6.07, 6.45) is 2.34. The van der Waals surface area contributed by atoms with Crippen molar-refractivity contribution in [2.75, 3.05) is 20.1 Å². The number of carboxylic acids is 1. The first-order chi connectivity index (χ1) is 8.32. The lowest BCUT2D eigenvalue weighted by atomic mass is 10.2. The number of carbonyl (C=O) groups excluding carboxylic acids is 1. The minimum Gasteiger partial charge on any atom is -0.480 e. The Morgan fingerprint density at radius 1 is 1.28 bits per heavy atom. The maximum atomic E-state index is 12.3. The average molecular weight is 256 g/mol. The summed E-state index contributed by atoms with van der Waals surface area (Å²) < 4.78 is 0. The van der Waals surface area contributed by atoms with Crippen LogP contribution in [0, 0.1) is 11.8 Å². The van der Waals surface area contributed by atoms with Gasteiger partial charge in [0.05, 0.1) is 0 Å². The molecule has 1 N–H and O–H groups in total. The second-order valence-electron chi connectivity index (χ2n) is 5.64. The normalized spacial score (nSPS) is 16.5. The fraction of sp³-hybridized carbons (Fsp3) is 0.846. The van der Waals surface area contributed by atoms with Crippen molar-refractivity contribution in [1.82, 2.24) is 9.80 Å². The molecule has 0 aromatic carbocycles. The molecule has 0 aromatic heterocycles. The molecule has 0 saturated heterocycles. The lowest BCUT2D eigenvalue weighted by Crippen LogP contribution is -2.48. The second-order valence-corrected chi connectivity index (χ2v) is 5.64. The van der Waals surface area contributed by atoms with Gasteiger partial charge in [-0.1, -0.05) is 13.8 Å². The van der Waals surface area contributed by atoms with Crippen LogP contribution in [0.2, 0.25) is 0 Å². The molecule has 1 saturated carbocycles. The molecule has 1 fully saturated rings. The first-order valence-electron chi connectivity index (χ1n) is 6.56. The van der Waals surface area contributed by atoms with E-state index in [2.05, 4.69) is 0 Å². The highest BCUT2D eigenvalue weighted by atomic mass is 16.4. The monoisotopic (exact) mass is 256 g/mol. The Balaban J connectivity index is 2.63. The molecule has 5 heteroatoms. The van der Waals surface area contributed by atoms with Crippen LogP contribution in [0.1, 0.15) is 33.6 Å². The van der Waals surface area contributed by atoms with Crippen LogP contribution in [0.4, 0.5) is 4.79 Å². The number of amides is 2. The highest BCUT2D eigenvalue weighted by Gasteiger charge is 2.34. The maximum Gasteiger partial charge on any atom is 0.323 e. The molecule has 0 aliphatic heterocycles. The van der Waals surface area contributed by atoms with Gasteiger partial charge in [-0.3, -0.25) is 4.79 Å². The fourth-order valence-corrected chi connectivity index (χ4v) is 2.11. The number of carboxylic acid groups (broad SMARTS) is 1. The molecule has 0 aromatic rings. The van der Waals surface area contributed by atoms with Gasteiger partial charge in [-0.25, -0.2) is 4.79 Å². The lowest BCUT2D eigenvalue weighted by molar-refractivity contribution is -0.137. The van der Waals surface area contributed by atoms with Gasteiger partial charge < -0.3 is 14.9 Å². The third-order valence-corrected chi connectivity index (χ3v) is 3.40. The van der Waals surface area contributed by atoms with Crippen molar-refractivity contribution >= 4 is 12.0 Å². The Morgan fingerprint density at radius 3 is 2.22 bits per heavy atom. The molecule has 1 aliphatic carbocycles. The Bertz CT molecular complexity index is 313. The summed E-state index contributed by atoms with van der Waals surface area (Å²) in [5.74, 6) is -0.112. The molecule has 0 radical (unpaired) electrons. The quantitative estimate of drug-likeness (QED) is 0.789. The average Bonchev–Trinajstić information content (AvgIpc) is 3.07. The smallest absolute Gasteiger partial charge is 0.323 e. The summed E-state index contributed by atoms with van der Waals surface area (Å²) in [6, 6.07) is 0.0199. The van der Waals surface area contributed by atoms with Gasteiger partial charge in [0.25, 0.3) is 0 Å². The number of rotatable bonds is 6. The van der Waals surface area contributed by atoms with E-state index in [1.807, 2.05) is 20.8 Å². The zero-order valence-corrected chi connectivity index (χ0v) is 11.7. The SMILES string of the molecule is CC(C)CN(CC(=O)O)C(=O)N(C)C(C)C1CC1. The van der Waals surface area contributed by atoms with Crippen LogP contribution in [-0.2, 0) is 4.79 Å². The van der Waals surface area contributed by atoms with E-state index in [0.29, 0.717) is 12.5 Å². The molecule has 0 heterocycles. The van der Waals surface area contributed by atoms with Crippen LogP contribution < -0.4 is 0 Å². The highest BCUT2D eigenvalue weighted by molar-refractivity contribution is 5.80. The van der Waals surface area contributed by atoms with E-state index >= 15 is 0 Å². The zero-order valence-electron chi connectivity index (χ0n) is 11.7. The van der Waals surface area contributed by atoms with Crippen LogP contribution in [0.25, 0.3) is 0 Å². The molecule has 1 unspecified atom stereocenters. The van der Waals surface area contributed by atoms with Crippen molar-refractivity contribution in [2.45, 2.75) is 39.7 Å². The van der Waals surface area contributed by atoms with Crippen molar-refractivity contribution < 1.29 is 14.7 Å². The minimum absolute atomic E-state index is 0.175. The molecule has 1 atom stereocenters. The molecular formula is C13H24N2O3. The number of nitrogens with zero attached hydrogens (tertiary/aromatic N) is 2. The third-order valence-electron chi connectivity index (χ3n) is 3.40. The van der Waals surface area contributed by atoms with Crippen molar-refractivity contribution in [1.29, 1.82) is 0 Å². The van der Waals surface area contributed by atoms with Crippen molar-refractivity contribution in [2.24, 2.45) is 11.8 Å². The molecule has 2 amide bonds. The third kappa shape index (κ3) is 4.20. The fourth-order valence-electron chi connectivity index (χ4n) is 2.11. The molecule has 5 nitrogen and oxygen atoms in total. The summed E-state index contributed by atoms with van der Waals surface area (Å²) in [7, 11) is 1.76. The van der Waals surface area contributed by atoms with Crippen molar-refractivity contribution in [3.63, 3.8) is 0 Å². The Morgan fingerprint density at radius 2 is 1.83 bits per heavy atom. The summed E-state index contributed by atoms with van der Waals surface area (Å²) in [6.45, 7) is 6.24. The van der Waals surface area contributed by atoms with E-state index in [1.165, 1.54) is 17.7 Å². The van der Waals surface area contributed by atoms with E-state index in [-0.39, 0.29) is 24.5 Å². The summed E-state index contributed by atoms with van der Waals surface area (Å²) >= 11 is 0. The van der Waals surface area contributed by atoms with Gasteiger partial charge in [0.15, 0.2) is 0 Å². The van der Waals surface area contributed by atoms with E-state index in [0.717, 1.165) is 0 Å². The van der Waals surface area contributed by atoms with E-state index in [1.54, 1.807) is 11.9 Å². The largest absolute Gasteiger partial charge is 0.480 e. The van der Waals surface area contributed by atoms with Crippen LogP contribution in [0.15, 0.2) is 0 Å². The van der Waals surface area contributed by atoms with Crippen LogP contribution in [-0.4, -0.2) is 53.1 Å². The number of aliphatic carboxylic acids is 1. The minimum atomic E-state index is -0.962. The topological polar surface area (TPSA) is 60.9 Å². The Kier molecular flexibility index (Phi) is 4.99. The molecule has 1 aliphatic rings. The maximum absolute atomic E-state index is 12.3. The predicted octanol–water partition coefficient (Wildman–Crippen LogP) is 1.88. The predicted molar refractivity (Wildman–Crippen MR) is 69.4 cm³/mol. The molecule has 0 bridgehead atoms. The van der Waals surface area contributed by atoms with E-state index < -0.39 is 5.97 Å². The van der Waals surface area contributed by atoms with Crippen LogP contribution in [0.3, 0.4) is 0 Å². The van der Waals surface area contributed by atoms with Gasteiger partial charge in [-0.2, -0.15) is 0 Å². The Hall–Kier alpha value is -1.26. The number of hydrogen-bond donors (Lipinski definition) is 1. The molecule has 0 spiro atoms. The number of carbonyl (C=O) groups is 2. The van der Waals surface area contributed by atoms with Crippen LogP contribution >= 0.6 is 0 Å². The summed E-state index contributed by atoms with van der Waals surface area (Å²) in [4.78, 5) is 26.2. The number of hydrogen-bond acceptors (Lipinski definition) is 2. The van der Waals surface area contributed by atoms with Gasteiger partial charge in [-0.05, 0) is 31.6 Å². The number of urea groups is 1. The van der Waals surface area contributed by atoms with E-state index in [9.17, 15) is 9.59 Å². The van der Waals surface area contributed by atoms with Gasteiger partial charge >= 0.3 is 12.0 Å². The second kappa shape index (κ2) is 6.07. The lowest BCUT2D eigenvalue weighted by Gasteiger charge is -2.32. The molecular weight excluding hydrogens is 232 g/mol. The summed E-state index contributed by atoms with van der Waals surface area (Å²) in [5.41, 5.74) is 0. The zero-order chi connectivity index (χ0) is 13.9. The van der Waals surface area contributed by atoms with Crippen molar-refractivity contribution in [3.05, 3.63) is 0 Å². The molecule has 1 rings (SSSR count). The van der Waals surface area contributed by atoms with Gasteiger partial charge in [0.2, 0.25) is 0 Å².